The smallest absolute Gasteiger partial charge is 0.376 e. The summed E-state index contributed by atoms with van der Waals surface area (Å²) < 4.78 is 15.6. The number of ether oxygens (including phenoxy) is 1. The number of carbonyl (C=O) groups excluding carboxylic acids is 1. The fraction of sp³-hybridized carbons (Fsp3) is 0.462. The van der Waals surface area contributed by atoms with Gasteiger partial charge in [0.2, 0.25) is 11.5 Å². The lowest BCUT2D eigenvalue weighted by Crippen LogP contribution is -2.05. The minimum absolute atomic E-state index is 0.188. The van der Waals surface area contributed by atoms with E-state index in [2.05, 4.69) is 10.1 Å². The average molecular weight is 262 g/mol. The van der Waals surface area contributed by atoms with E-state index in [1.807, 2.05) is 6.92 Å². The summed E-state index contributed by atoms with van der Waals surface area (Å²) in [4.78, 5) is 16.2. The van der Waals surface area contributed by atoms with Crippen molar-refractivity contribution < 1.29 is 18.5 Å². The molecule has 0 bridgehead atoms. The Bertz CT molecular complexity index is 610. The SMILES string of the molecule is CCOC(=O)c1oc(-c2cc(C)no2)nc1C1CC1. The molecule has 2 aromatic rings. The third kappa shape index (κ3) is 2.25. The zero-order valence-electron chi connectivity index (χ0n) is 10.8. The van der Waals surface area contributed by atoms with Crippen molar-refractivity contribution in [3.8, 4) is 11.7 Å². The summed E-state index contributed by atoms with van der Waals surface area (Å²) in [5.74, 6) is 0.717. The maximum absolute atomic E-state index is 11.8. The van der Waals surface area contributed by atoms with Crippen molar-refractivity contribution in [3.05, 3.63) is 23.2 Å². The van der Waals surface area contributed by atoms with Crippen LogP contribution in [0.25, 0.3) is 11.7 Å². The van der Waals surface area contributed by atoms with Gasteiger partial charge < -0.3 is 13.7 Å². The zero-order chi connectivity index (χ0) is 13.4. The predicted octanol–water partition coefficient (Wildman–Crippen LogP) is 2.69. The van der Waals surface area contributed by atoms with Crippen LogP contribution in [-0.2, 0) is 4.74 Å². The Hall–Kier alpha value is -2.11. The fourth-order valence-corrected chi connectivity index (χ4v) is 1.88. The molecular weight excluding hydrogens is 248 g/mol. The van der Waals surface area contributed by atoms with Gasteiger partial charge in [-0.05, 0) is 26.7 Å². The zero-order valence-corrected chi connectivity index (χ0v) is 10.8. The highest BCUT2D eigenvalue weighted by Gasteiger charge is 2.34. The highest BCUT2D eigenvalue weighted by Crippen LogP contribution is 2.42. The molecule has 6 heteroatoms. The van der Waals surface area contributed by atoms with Crippen LogP contribution >= 0.6 is 0 Å². The normalized spacial score (nSPS) is 14.6. The first-order valence-corrected chi connectivity index (χ1v) is 6.30. The molecular formula is C13H14N2O4. The Labute approximate surface area is 109 Å². The minimum atomic E-state index is -0.473. The lowest BCUT2D eigenvalue weighted by molar-refractivity contribution is 0.0489. The molecule has 6 nitrogen and oxygen atoms in total. The number of aromatic nitrogens is 2. The molecule has 1 aliphatic carbocycles. The number of carbonyl (C=O) groups is 1. The van der Waals surface area contributed by atoms with E-state index in [9.17, 15) is 4.79 Å². The number of rotatable bonds is 4. The Morgan fingerprint density at radius 3 is 2.89 bits per heavy atom. The third-order valence-electron chi connectivity index (χ3n) is 2.92. The average Bonchev–Trinajstić information content (AvgIpc) is 2.98. The molecule has 1 fully saturated rings. The molecule has 0 spiro atoms. The van der Waals surface area contributed by atoms with Crippen molar-refractivity contribution in [1.29, 1.82) is 0 Å². The summed E-state index contributed by atoms with van der Waals surface area (Å²) in [5, 5.41) is 3.78. The number of esters is 1. The van der Waals surface area contributed by atoms with Crippen LogP contribution in [0.2, 0.25) is 0 Å². The van der Waals surface area contributed by atoms with E-state index in [0.29, 0.717) is 24.0 Å². The van der Waals surface area contributed by atoms with E-state index >= 15 is 0 Å². The third-order valence-corrected chi connectivity index (χ3v) is 2.92. The van der Waals surface area contributed by atoms with Crippen LogP contribution in [0.1, 0.15) is 47.6 Å². The van der Waals surface area contributed by atoms with Gasteiger partial charge in [-0.15, -0.1) is 0 Å². The first-order chi connectivity index (χ1) is 9.19. The summed E-state index contributed by atoms with van der Waals surface area (Å²) in [5.41, 5.74) is 1.40. The molecule has 0 aliphatic heterocycles. The highest BCUT2D eigenvalue weighted by molar-refractivity contribution is 5.88. The number of hydrogen-bond acceptors (Lipinski definition) is 6. The summed E-state index contributed by atoms with van der Waals surface area (Å²) in [6, 6.07) is 1.72. The van der Waals surface area contributed by atoms with Crippen LogP contribution in [0.4, 0.5) is 0 Å². The molecule has 2 aromatic heterocycles. The van der Waals surface area contributed by atoms with E-state index in [1.54, 1.807) is 13.0 Å². The van der Waals surface area contributed by atoms with Gasteiger partial charge in [-0.3, -0.25) is 0 Å². The summed E-state index contributed by atoms with van der Waals surface area (Å²) in [6.45, 7) is 3.87. The lowest BCUT2D eigenvalue weighted by atomic mass is 10.2. The van der Waals surface area contributed by atoms with E-state index in [4.69, 9.17) is 13.7 Å². The molecule has 19 heavy (non-hydrogen) atoms. The Morgan fingerprint density at radius 2 is 2.32 bits per heavy atom. The highest BCUT2D eigenvalue weighted by atomic mass is 16.5. The summed E-state index contributed by atoms with van der Waals surface area (Å²) in [7, 11) is 0. The lowest BCUT2D eigenvalue weighted by Gasteiger charge is -1.98. The second kappa shape index (κ2) is 4.53. The van der Waals surface area contributed by atoms with Crippen LogP contribution in [0, 0.1) is 6.92 Å². The number of aryl methyl sites for hydroxylation is 1. The number of hydrogen-bond donors (Lipinski definition) is 0. The van der Waals surface area contributed by atoms with E-state index in [0.717, 1.165) is 18.5 Å². The van der Waals surface area contributed by atoms with Crippen LogP contribution < -0.4 is 0 Å². The van der Waals surface area contributed by atoms with Gasteiger partial charge in [-0.2, -0.15) is 0 Å². The van der Waals surface area contributed by atoms with E-state index < -0.39 is 5.97 Å². The van der Waals surface area contributed by atoms with Crippen LogP contribution in [0.15, 0.2) is 15.0 Å². The van der Waals surface area contributed by atoms with Crippen molar-refractivity contribution in [2.75, 3.05) is 6.61 Å². The van der Waals surface area contributed by atoms with Gasteiger partial charge >= 0.3 is 5.97 Å². The van der Waals surface area contributed by atoms with Gasteiger partial charge in [0, 0.05) is 12.0 Å². The first kappa shape index (κ1) is 12.0. The topological polar surface area (TPSA) is 78.4 Å². The number of oxazole rings is 1. The molecule has 100 valence electrons. The molecule has 2 heterocycles. The van der Waals surface area contributed by atoms with Gasteiger partial charge in [0.05, 0.1) is 18.0 Å². The van der Waals surface area contributed by atoms with Crippen molar-refractivity contribution in [1.82, 2.24) is 10.1 Å². The quantitative estimate of drug-likeness (QED) is 0.788. The summed E-state index contributed by atoms with van der Waals surface area (Å²) >= 11 is 0. The fourth-order valence-electron chi connectivity index (χ4n) is 1.88. The first-order valence-electron chi connectivity index (χ1n) is 6.30. The van der Waals surface area contributed by atoms with Gasteiger partial charge in [-0.25, -0.2) is 9.78 Å². The predicted molar refractivity (Wildman–Crippen MR) is 64.7 cm³/mol. The van der Waals surface area contributed by atoms with Crippen molar-refractivity contribution in [2.45, 2.75) is 32.6 Å². The van der Waals surface area contributed by atoms with Crippen LogP contribution in [0.5, 0.6) is 0 Å². The second-order valence-electron chi connectivity index (χ2n) is 4.56. The molecule has 1 aliphatic rings. The van der Waals surface area contributed by atoms with Crippen molar-refractivity contribution >= 4 is 5.97 Å². The maximum Gasteiger partial charge on any atom is 0.376 e. The monoisotopic (exact) mass is 262 g/mol. The van der Waals surface area contributed by atoms with E-state index in [1.165, 1.54) is 0 Å². The van der Waals surface area contributed by atoms with Crippen LogP contribution in [-0.4, -0.2) is 22.7 Å². The van der Waals surface area contributed by atoms with Crippen molar-refractivity contribution in [2.24, 2.45) is 0 Å². The molecule has 0 N–H and O–H groups in total. The molecule has 0 radical (unpaired) electrons. The Morgan fingerprint density at radius 1 is 1.53 bits per heavy atom. The molecule has 0 aromatic carbocycles. The minimum Gasteiger partial charge on any atom is -0.460 e. The second-order valence-corrected chi connectivity index (χ2v) is 4.56. The van der Waals surface area contributed by atoms with Gasteiger partial charge in [-0.1, -0.05) is 5.16 Å². The Balaban J connectivity index is 1.98. The number of nitrogens with zero attached hydrogens (tertiary/aromatic N) is 2. The summed E-state index contributed by atoms with van der Waals surface area (Å²) in [6.07, 6.45) is 2.04. The van der Waals surface area contributed by atoms with Gasteiger partial charge in [0.25, 0.3) is 5.89 Å². The largest absolute Gasteiger partial charge is 0.460 e. The van der Waals surface area contributed by atoms with Gasteiger partial charge in [0.1, 0.15) is 0 Å². The maximum atomic E-state index is 11.8. The molecule has 0 amide bonds. The molecule has 1 saturated carbocycles. The van der Waals surface area contributed by atoms with Crippen molar-refractivity contribution in [3.63, 3.8) is 0 Å². The molecule has 0 unspecified atom stereocenters. The molecule has 3 rings (SSSR count). The Kier molecular flexibility index (Phi) is 2.85. The standard InChI is InChI=1S/C13H14N2O4/c1-3-17-13(16)11-10(8-4-5-8)14-12(18-11)9-6-7(2)15-19-9/h6,8H,3-5H2,1-2H3. The van der Waals surface area contributed by atoms with Crippen LogP contribution in [0.3, 0.4) is 0 Å². The molecule has 0 atom stereocenters. The molecule has 0 saturated heterocycles. The van der Waals surface area contributed by atoms with Gasteiger partial charge in [0.15, 0.2) is 0 Å². The van der Waals surface area contributed by atoms with E-state index in [-0.39, 0.29) is 11.7 Å².